The monoisotopic (exact) mass is 408 g/mol. The molecule has 3 rings (SSSR count). The Kier molecular flexibility index (Phi) is 5.10. The van der Waals surface area contributed by atoms with Gasteiger partial charge in [0.15, 0.2) is 0 Å². The van der Waals surface area contributed by atoms with E-state index < -0.39 is 22.8 Å². The van der Waals surface area contributed by atoms with Gasteiger partial charge >= 0.3 is 11.7 Å². The largest absolute Gasteiger partial charge is 0.465 e. The van der Waals surface area contributed by atoms with E-state index >= 15 is 0 Å². The van der Waals surface area contributed by atoms with Gasteiger partial charge in [-0.3, -0.25) is 19.6 Å². The Hall–Kier alpha value is -2.98. The summed E-state index contributed by atoms with van der Waals surface area (Å²) in [4.78, 5) is 34.6. The van der Waals surface area contributed by atoms with Gasteiger partial charge in [-0.1, -0.05) is 11.6 Å². The quantitative estimate of drug-likeness (QED) is 0.391. The number of esters is 1. The molecule has 0 radical (unpaired) electrons. The van der Waals surface area contributed by atoms with Crippen LogP contribution in [0.15, 0.2) is 30.6 Å². The summed E-state index contributed by atoms with van der Waals surface area (Å²) in [6.07, 6.45) is 2.27. The van der Waals surface area contributed by atoms with Crippen LogP contribution in [-0.4, -0.2) is 33.7 Å². The molecule has 11 heteroatoms. The Morgan fingerprint density at radius 2 is 2.19 bits per heavy atom. The molecular formula is C16H13ClN4O5S. The number of anilines is 1. The number of methoxy groups -OCH3 is 1. The number of nitro groups is 1. The summed E-state index contributed by atoms with van der Waals surface area (Å²) in [5, 5.41) is 18.3. The molecule has 140 valence electrons. The Labute approximate surface area is 161 Å². The molecule has 0 fully saturated rings. The molecule has 0 aliphatic heterocycles. The topological polar surface area (TPSA) is 116 Å². The minimum Gasteiger partial charge on any atom is -0.465 e. The van der Waals surface area contributed by atoms with E-state index in [-0.39, 0.29) is 10.6 Å². The van der Waals surface area contributed by atoms with Gasteiger partial charge in [0.1, 0.15) is 23.3 Å². The zero-order chi connectivity index (χ0) is 19.7. The van der Waals surface area contributed by atoms with Crippen molar-refractivity contribution >= 4 is 56.3 Å². The van der Waals surface area contributed by atoms with Gasteiger partial charge in [-0.25, -0.2) is 4.79 Å². The van der Waals surface area contributed by atoms with Crippen LogP contribution in [0.25, 0.3) is 10.1 Å². The molecule has 27 heavy (non-hydrogen) atoms. The average Bonchev–Trinajstić information content (AvgIpc) is 3.26. The van der Waals surface area contributed by atoms with Crippen molar-refractivity contribution in [2.75, 3.05) is 12.4 Å². The lowest BCUT2D eigenvalue weighted by atomic mass is 10.2. The lowest BCUT2D eigenvalue weighted by Gasteiger charge is -2.12. The first-order valence-corrected chi connectivity index (χ1v) is 8.81. The number of nitrogens with zero attached hydrogens (tertiary/aromatic N) is 3. The SMILES string of the molecule is COC(=O)c1sc2cc(NC(=O)C(C)n3cc([N+](=O)[O-])cn3)ccc2c1Cl. The van der Waals surface area contributed by atoms with Crippen LogP contribution in [0.3, 0.4) is 0 Å². The fraction of sp³-hybridized carbons (Fsp3) is 0.188. The molecule has 2 heterocycles. The highest BCUT2D eigenvalue weighted by Gasteiger charge is 2.21. The second-order valence-corrected chi connectivity index (χ2v) is 6.98. The molecule has 1 N–H and O–H groups in total. The number of carbonyl (C=O) groups is 2. The van der Waals surface area contributed by atoms with E-state index in [9.17, 15) is 19.7 Å². The van der Waals surface area contributed by atoms with E-state index in [1.54, 1.807) is 25.1 Å². The highest BCUT2D eigenvalue weighted by atomic mass is 35.5. The second kappa shape index (κ2) is 7.33. The Morgan fingerprint density at radius 1 is 1.44 bits per heavy atom. The zero-order valence-corrected chi connectivity index (χ0v) is 15.7. The lowest BCUT2D eigenvalue weighted by molar-refractivity contribution is -0.385. The molecule has 2 aromatic heterocycles. The number of carbonyl (C=O) groups excluding carboxylic acids is 2. The standard InChI is InChI=1S/C16H13ClN4O5S/c1-8(20-7-10(6-18-20)21(24)25)15(22)19-9-3-4-11-12(5-9)27-14(13(11)17)16(23)26-2/h3-8H,1-2H3,(H,19,22). The fourth-order valence-corrected chi connectivity index (χ4v) is 3.83. The fourth-order valence-electron chi connectivity index (χ4n) is 2.37. The predicted octanol–water partition coefficient (Wildman–Crippen LogP) is 3.65. The van der Waals surface area contributed by atoms with Crippen molar-refractivity contribution in [2.24, 2.45) is 0 Å². The highest BCUT2D eigenvalue weighted by Crippen LogP contribution is 2.37. The normalized spacial score (nSPS) is 12.0. The third-order valence-electron chi connectivity index (χ3n) is 3.84. The van der Waals surface area contributed by atoms with Gasteiger partial charge in [0.25, 0.3) is 0 Å². The zero-order valence-electron chi connectivity index (χ0n) is 14.1. The number of ether oxygens (including phenoxy) is 1. The minimum absolute atomic E-state index is 0.195. The maximum Gasteiger partial charge on any atom is 0.349 e. The molecule has 0 bridgehead atoms. The van der Waals surface area contributed by atoms with Crippen LogP contribution in [0.5, 0.6) is 0 Å². The number of fused-ring (bicyclic) bond motifs is 1. The number of rotatable bonds is 5. The van der Waals surface area contributed by atoms with E-state index in [0.717, 1.165) is 17.5 Å². The molecule has 1 aromatic carbocycles. The molecule has 0 saturated carbocycles. The van der Waals surface area contributed by atoms with Crippen molar-refractivity contribution < 1.29 is 19.2 Å². The molecule has 9 nitrogen and oxygen atoms in total. The van der Waals surface area contributed by atoms with Gasteiger partial charge in [0.05, 0.1) is 17.1 Å². The molecule has 0 spiro atoms. The summed E-state index contributed by atoms with van der Waals surface area (Å²) >= 11 is 7.36. The van der Waals surface area contributed by atoms with Gasteiger partial charge in [0.2, 0.25) is 5.91 Å². The molecule has 1 atom stereocenters. The van der Waals surface area contributed by atoms with Gasteiger partial charge in [-0.15, -0.1) is 11.3 Å². The number of aromatic nitrogens is 2. The minimum atomic E-state index is -0.757. The molecule has 3 aromatic rings. The second-order valence-electron chi connectivity index (χ2n) is 5.55. The van der Waals surface area contributed by atoms with Crippen LogP contribution in [0.4, 0.5) is 11.4 Å². The summed E-state index contributed by atoms with van der Waals surface area (Å²) < 4.78 is 6.62. The van der Waals surface area contributed by atoms with E-state index in [0.29, 0.717) is 20.8 Å². The van der Waals surface area contributed by atoms with Crippen LogP contribution in [0.2, 0.25) is 5.02 Å². The number of thiophene rings is 1. The van der Waals surface area contributed by atoms with Crippen molar-refractivity contribution in [1.29, 1.82) is 0 Å². The third kappa shape index (κ3) is 3.62. The molecule has 0 saturated heterocycles. The van der Waals surface area contributed by atoms with E-state index in [1.807, 2.05) is 0 Å². The summed E-state index contributed by atoms with van der Waals surface area (Å²) in [6, 6.07) is 4.28. The van der Waals surface area contributed by atoms with E-state index in [2.05, 4.69) is 10.4 Å². The molecule has 1 amide bonds. The maximum absolute atomic E-state index is 12.4. The van der Waals surface area contributed by atoms with Gasteiger partial charge in [-0.2, -0.15) is 5.10 Å². The average molecular weight is 409 g/mol. The first kappa shape index (κ1) is 18.8. The van der Waals surface area contributed by atoms with Crippen LogP contribution < -0.4 is 5.32 Å². The van der Waals surface area contributed by atoms with E-state index in [1.165, 1.54) is 18.0 Å². The third-order valence-corrected chi connectivity index (χ3v) is 5.48. The number of benzene rings is 1. The predicted molar refractivity (Wildman–Crippen MR) is 100 cm³/mol. The molecule has 0 aliphatic rings. The summed E-state index contributed by atoms with van der Waals surface area (Å²) in [5.74, 6) is -0.927. The van der Waals surface area contributed by atoms with Crippen LogP contribution >= 0.6 is 22.9 Å². The van der Waals surface area contributed by atoms with Crippen LogP contribution in [0.1, 0.15) is 22.6 Å². The van der Waals surface area contributed by atoms with Crippen LogP contribution in [-0.2, 0) is 9.53 Å². The van der Waals surface area contributed by atoms with Crippen molar-refractivity contribution in [1.82, 2.24) is 9.78 Å². The summed E-state index contributed by atoms with van der Waals surface area (Å²) in [5.41, 5.74) is 0.301. The maximum atomic E-state index is 12.4. The first-order valence-electron chi connectivity index (χ1n) is 7.61. The summed E-state index contributed by atoms with van der Waals surface area (Å²) in [6.45, 7) is 1.57. The van der Waals surface area contributed by atoms with Crippen molar-refractivity contribution in [3.05, 3.63) is 50.6 Å². The Morgan fingerprint density at radius 3 is 2.81 bits per heavy atom. The van der Waals surface area contributed by atoms with Crippen molar-refractivity contribution in [3.63, 3.8) is 0 Å². The molecular weight excluding hydrogens is 396 g/mol. The number of halogens is 1. The highest BCUT2D eigenvalue weighted by molar-refractivity contribution is 7.21. The number of hydrogen-bond donors (Lipinski definition) is 1. The number of amides is 1. The van der Waals surface area contributed by atoms with Gasteiger partial charge in [-0.05, 0) is 25.1 Å². The number of hydrogen-bond acceptors (Lipinski definition) is 7. The van der Waals surface area contributed by atoms with Crippen LogP contribution in [0, 0.1) is 10.1 Å². The lowest BCUT2D eigenvalue weighted by Crippen LogP contribution is -2.23. The first-order chi connectivity index (χ1) is 12.8. The van der Waals surface area contributed by atoms with E-state index in [4.69, 9.17) is 16.3 Å². The van der Waals surface area contributed by atoms with Gasteiger partial charge in [0, 0.05) is 15.8 Å². The molecule has 1 unspecified atom stereocenters. The number of nitrogens with one attached hydrogen (secondary N) is 1. The van der Waals surface area contributed by atoms with Crippen molar-refractivity contribution in [3.8, 4) is 0 Å². The Balaban J connectivity index is 1.81. The smallest absolute Gasteiger partial charge is 0.349 e. The van der Waals surface area contributed by atoms with Gasteiger partial charge < -0.3 is 10.1 Å². The molecule has 0 aliphatic carbocycles. The Bertz CT molecular complexity index is 1060. The summed E-state index contributed by atoms with van der Waals surface area (Å²) in [7, 11) is 1.27. The van der Waals surface area contributed by atoms with Crippen molar-refractivity contribution in [2.45, 2.75) is 13.0 Å².